The van der Waals surface area contributed by atoms with E-state index < -0.39 is 0 Å². The number of carbonyl (C=O) groups excluding carboxylic acids is 1. The molecule has 0 saturated carbocycles. The zero-order valence-corrected chi connectivity index (χ0v) is 11.2. The average Bonchev–Trinajstić information content (AvgIpc) is 2.15. The van der Waals surface area contributed by atoms with E-state index in [4.69, 9.17) is 0 Å². The summed E-state index contributed by atoms with van der Waals surface area (Å²) < 4.78 is 0. The van der Waals surface area contributed by atoms with Gasteiger partial charge in [-0.3, -0.25) is 4.79 Å². The maximum Gasteiger partial charge on any atom is 0.247 e. The van der Waals surface area contributed by atoms with Crippen LogP contribution < -0.4 is 10.6 Å². The summed E-state index contributed by atoms with van der Waals surface area (Å²) in [5.41, 5.74) is 2.14. The molecular formula is C12H22N2OS. The Hall–Kier alpha value is -0.480. The summed E-state index contributed by atoms with van der Waals surface area (Å²) in [6.45, 7) is 7.90. The largest absolute Gasteiger partial charge is 0.350 e. The van der Waals surface area contributed by atoms with Gasteiger partial charge in [0.2, 0.25) is 5.91 Å². The summed E-state index contributed by atoms with van der Waals surface area (Å²) >= 11 is 1.92. The summed E-state index contributed by atoms with van der Waals surface area (Å²) in [6, 6.07) is 0.273. The van der Waals surface area contributed by atoms with Gasteiger partial charge in [-0.1, -0.05) is 6.92 Å². The second-order valence-corrected chi connectivity index (χ2v) is 5.59. The van der Waals surface area contributed by atoms with Gasteiger partial charge in [0.25, 0.3) is 0 Å². The lowest BCUT2D eigenvalue weighted by Gasteiger charge is -2.22. The highest BCUT2D eigenvalue weighted by atomic mass is 32.2. The van der Waals surface area contributed by atoms with Crippen LogP contribution >= 0.6 is 11.8 Å². The molecule has 1 aliphatic rings. The summed E-state index contributed by atoms with van der Waals surface area (Å²) in [5, 5.41) is 6.20. The van der Waals surface area contributed by atoms with Crippen LogP contribution in [0.2, 0.25) is 0 Å². The van der Waals surface area contributed by atoms with Gasteiger partial charge < -0.3 is 10.6 Å². The van der Waals surface area contributed by atoms with E-state index in [9.17, 15) is 4.79 Å². The number of carbonyl (C=O) groups is 1. The van der Waals surface area contributed by atoms with Crippen molar-refractivity contribution in [2.24, 2.45) is 0 Å². The van der Waals surface area contributed by atoms with E-state index in [-0.39, 0.29) is 11.9 Å². The van der Waals surface area contributed by atoms with E-state index in [1.54, 1.807) is 0 Å². The Bertz CT molecular complexity index is 270. The number of nitrogens with one attached hydrogen (secondary N) is 2. The first-order valence-electron chi connectivity index (χ1n) is 5.93. The van der Waals surface area contributed by atoms with Crippen LogP contribution in [0.4, 0.5) is 0 Å². The normalized spacial score (nSPS) is 16.6. The van der Waals surface area contributed by atoms with Crippen LogP contribution in [0.5, 0.6) is 0 Å². The molecule has 92 valence electrons. The molecule has 0 bridgehead atoms. The molecule has 16 heavy (non-hydrogen) atoms. The standard InChI is InChI=1S/C12H22N2OS/c1-4-16-6-5-9(2)14-12(15)10(3)11-7-13-8-11/h9,13H,4-8H2,1-3H3,(H,14,15). The number of rotatable bonds is 6. The minimum atomic E-state index is 0.102. The molecule has 0 spiro atoms. The fraction of sp³-hybridized carbons (Fsp3) is 0.750. The predicted octanol–water partition coefficient (Wildman–Crippen LogP) is 1.55. The van der Waals surface area contributed by atoms with Crippen LogP contribution in [0, 0.1) is 0 Å². The third-order valence-corrected chi connectivity index (χ3v) is 3.76. The van der Waals surface area contributed by atoms with Crippen molar-refractivity contribution in [3.63, 3.8) is 0 Å². The minimum absolute atomic E-state index is 0.102. The summed E-state index contributed by atoms with van der Waals surface area (Å²) in [6.07, 6.45) is 1.05. The van der Waals surface area contributed by atoms with Crippen LogP contribution in [0.1, 0.15) is 27.2 Å². The molecular weight excluding hydrogens is 220 g/mol. The molecule has 0 aromatic carbocycles. The van der Waals surface area contributed by atoms with Gasteiger partial charge in [-0.05, 0) is 37.3 Å². The van der Waals surface area contributed by atoms with Gasteiger partial charge in [-0.15, -0.1) is 0 Å². The van der Waals surface area contributed by atoms with E-state index in [0.717, 1.165) is 36.6 Å². The fourth-order valence-corrected chi connectivity index (χ4v) is 2.29. The average molecular weight is 242 g/mol. The topological polar surface area (TPSA) is 41.1 Å². The van der Waals surface area contributed by atoms with Crippen molar-refractivity contribution in [3.05, 3.63) is 11.1 Å². The Morgan fingerprint density at radius 3 is 2.75 bits per heavy atom. The molecule has 0 aromatic heterocycles. The Labute approximate surface area is 102 Å². The predicted molar refractivity (Wildman–Crippen MR) is 70.8 cm³/mol. The van der Waals surface area contributed by atoms with Gasteiger partial charge >= 0.3 is 0 Å². The molecule has 1 rings (SSSR count). The fourth-order valence-electron chi connectivity index (χ4n) is 1.48. The zero-order valence-electron chi connectivity index (χ0n) is 10.4. The smallest absolute Gasteiger partial charge is 0.247 e. The Balaban J connectivity index is 2.27. The molecule has 1 saturated heterocycles. The van der Waals surface area contributed by atoms with Crippen molar-refractivity contribution in [1.29, 1.82) is 0 Å². The summed E-state index contributed by atoms with van der Waals surface area (Å²) in [7, 11) is 0. The lowest BCUT2D eigenvalue weighted by molar-refractivity contribution is -0.118. The van der Waals surface area contributed by atoms with Crippen LogP contribution in [0.3, 0.4) is 0 Å². The molecule has 1 heterocycles. The maximum absolute atomic E-state index is 11.8. The quantitative estimate of drug-likeness (QED) is 0.548. The van der Waals surface area contributed by atoms with Gasteiger partial charge in [0.15, 0.2) is 0 Å². The van der Waals surface area contributed by atoms with Crippen LogP contribution in [0.25, 0.3) is 0 Å². The molecule has 0 aromatic rings. The third-order valence-electron chi connectivity index (χ3n) is 2.82. The first-order chi connectivity index (χ1) is 7.65. The molecule has 0 aliphatic carbocycles. The molecule has 4 heteroatoms. The van der Waals surface area contributed by atoms with E-state index in [1.807, 2.05) is 18.7 Å². The van der Waals surface area contributed by atoms with Crippen molar-refractivity contribution >= 4 is 17.7 Å². The number of thioether (sulfide) groups is 1. The minimum Gasteiger partial charge on any atom is -0.350 e. The Morgan fingerprint density at radius 2 is 2.25 bits per heavy atom. The number of hydrogen-bond donors (Lipinski definition) is 2. The SMILES string of the molecule is CCSCCC(C)NC(=O)C(C)=C1CNC1. The lowest BCUT2D eigenvalue weighted by Crippen LogP contribution is -2.39. The monoisotopic (exact) mass is 242 g/mol. The summed E-state index contributed by atoms with van der Waals surface area (Å²) in [5.74, 6) is 2.37. The molecule has 0 radical (unpaired) electrons. The molecule has 2 N–H and O–H groups in total. The van der Waals surface area contributed by atoms with Gasteiger partial charge in [0.05, 0.1) is 0 Å². The third kappa shape index (κ3) is 4.18. The van der Waals surface area contributed by atoms with Crippen molar-refractivity contribution in [3.8, 4) is 0 Å². The Morgan fingerprint density at radius 1 is 1.56 bits per heavy atom. The Kier molecular flexibility index (Phi) is 5.91. The molecule has 1 amide bonds. The summed E-state index contributed by atoms with van der Waals surface area (Å²) in [4.78, 5) is 11.8. The highest BCUT2D eigenvalue weighted by Crippen LogP contribution is 2.10. The first-order valence-corrected chi connectivity index (χ1v) is 7.08. The second kappa shape index (κ2) is 6.97. The van der Waals surface area contributed by atoms with E-state index >= 15 is 0 Å². The van der Waals surface area contributed by atoms with E-state index in [1.165, 1.54) is 5.57 Å². The van der Waals surface area contributed by atoms with Crippen LogP contribution in [-0.4, -0.2) is 36.5 Å². The van der Waals surface area contributed by atoms with Crippen LogP contribution in [-0.2, 0) is 4.79 Å². The maximum atomic E-state index is 11.8. The van der Waals surface area contributed by atoms with E-state index in [0.29, 0.717) is 0 Å². The van der Waals surface area contributed by atoms with Crippen molar-refractivity contribution < 1.29 is 4.79 Å². The van der Waals surface area contributed by atoms with Crippen LogP contribution in [0.15, 0.2) is 11.1 Å². The molecule has 1 fully saturated rings. The van der Waals surface area contributed by atoms with Gasteiger partial charge in [-0.2, -0.15) is 11.8 Å². The highest BCUT2D eigenvalue weighted by Gasteiger charge is 2.16. The molecule has 1 aliphatic heterocycles. The van der Waals surface area contributed by atoms with Gasteiger partial charge in [0.1, 0.15) is 0 Å². The number of hydrogen-bond acceptors (Lipinski definition) is 3. The van der Waals surface area contributed by atoms with Crippen molar-refractivity contribution in [1.82, 2.24) is 10.6 Å². The molecule has 1 atom stereocenters. The zero-order chi connectivity index (χ0) is 12.0. The van der Waals surface area contributed by atoms with Crippen molar-refractivity contribution in [2.45, 2.75) is 33.2 Å². The number of amides is 1. The van der Waals surface area contributed by atoms with Crippen molar-refractivity contribution in [2.75, 3.05) is 24.6 Å². The molecule has 3 nitrogen and oxygen atoms in total. The first kappa shape index (κ1) is 13.6. The molecule has 1 unspecified atom stereocenters. The highest BCUT2D eigenvalue weighted by molar-refractivity contribution is 7.99. The van der Waals surface area contributed by atoms with Gasteiger partial charge in [0, 0.05) is 24.7 Å². The second-order valence-electron chi connectivity index (χ2n) is 4.19. The van der Waals surface area contributed by atoms with E-state index in [2.05, 4.69) is 24.5 Å². The lowest BCUT2D eigenvalue weighted by atomic mass is 10.0. The van der Waals surface area contributed by atoms with Gasteiger partial charge in [-0.25, -0.2) is 0 Å².